The lowest BCUT2D eigenvalue weighted by Crippen LogP contribution is -2.58. The molecule has 2 amide bonds. The molecule has 3 fully saturated rings. The molecule has 2 saturated heterocycles. The lowest BCUT2D eigenvalue weighted by atomic mass is 9.73. The van der Waals surface area contributed by atoms with Gasteiger partial charge in [-0.3, -0.25) is 0 Å². The molecule has 4 nitrogen and oxygen atoms in total. The molecule has 4 heteroatoms. The summed E-state index contributed by atoms with van der Waals surface area (Å²) in [6, 6.07) is 19.1. The number of carbonyl (C=O) groups is 1. The van der Waals surface area contributed by atoms with E-state index in [9.17, 15) is 9.90 Å². The van der Waals surface area contributed by atoms with Crippen LogP contribution in [0.15, 0.2) is 54.6 Å². The molecule has 1 saturated carbocycles. The van der Waals surface area contributed by atoms with Crippen molar-refractivity contribution in [3.63, 3.8) is 0 Å². The van der Waals surface area contributed by atoms with Crippen LogP contribution in [-0.4, -0.2) is 41.8 Å². The molecule has 3 unspecified atom stereocenters. The molecular formula is C23H28N2O2. The smallest absolute Gasteiger partial charge is 0.317 e. The summed E-state index contributed by atoms with van der Waals surface area (Å²) in [6.45, 7) is 1.67. The third-order valence-corrected chi connectivity index (χ3v) is 6.13. The molecule has 3 aliphatic rings. The van der Waals surface area contributed by atoms with Gasteiger partial charge in [-0.05, 0) is 48.3 Å². The minimum Gasteiger partial charge on any atom is -0.396 e. The Kier molecular flexibility index (Phi) is 5.44. The summed E-state index contributed by atoms with van der Waals surface area (Å²) in [5.74, 6) is 0.811. The van der Waals surface area contributed by atoms with E-state index >= 15 is 0 Å². The van der Waals surface area contributed by atoms with Crippen molar-refractivity contribution in [3.8, 4) is 11.1 Å². The van der Waals surface area contributed by atoms with Crippen molar-refractivity contribution in [2.24, 2.45) is 11.8 Å². The maximum Gasteiger partial charge on any atom is 0.317 e. The van der Waals surface area contributed by atoms with Crippen LogP contribution in [0.5, 0.6) is 0 Å². The van der Waals surface area contributed by atoms with Crippen molar-refractivity contribution in [1.29, 1.82) is 0 Å². The number of nitrogens with zero attached hydrogens (tertiary/aromatic N) is 1. The van der Waals surface area contributed by atoms with E-state index in [1.165, 1.54) is 23.1 Å². The number of amides is 2. The molecule has 2 heterocycles. The van der Waals surface area contributed by atoms with Gasteiger partial charge in [-0.15, -0.1) is 0 Å². The van der Waals surface area contributed by atoms with E-state index in [2.05, 4.69) is 41.7 Å². The number of nitrogens with one attached hydrogen (secondary N) is 1. The van der Waals surface area contributed by atoms with Crippen LogP contribution in [0.2, 0.25) is 0 Å². The summed E-state index contributed by atoms with van der Waals surface area (Å²) in [5, 5.41) is 12.7. The van der Waals surface area contributed by atoms with E-state index < -0.39 is 0 Å². The van der Waals surface area contributed by atoms with E-state index in [0.29, 0.717) is 12.5 Å². The van der Waals surface area contributed by atoms with Crippen molar-refractivity contribution < 1.29 is 9.90 Å². The zero-order valence-corrected chi connectivity index (χ0v) is 15.7. The summed E-state index contributed by atoms with van der Waals surface area (Å²) in [4.78, 5) is 14.6. The number of piperidine rings is 2. The van der Waals surface area contributed by atoms with Gasteiger partial charge in [0.1, 0.15) is 0 Å². The lowest BCUT2D eigenvalue weighted by molar-refractivity contribution is 0.00404. The maximum atomic E-state index is 12.7. The highest BCUT2D eigenvalue weighted by molar-refractivity contribution is 5.75. The van der Waals surface area contributed by atoms with Gasteiger partial charge >= 0.3 is 6.03 Å². The number of aliphatic hydroxyl groups excluding tert-OH is 1. The molecule has 2 aromatic carbocycles. The number of aliphatic hydroxyl groups is 1. The SMILES string of the molecule is O=C(NCCc1cccc(-c2ccccc2)c1)N1CC2CCC1C(CO)C2. The highest BCUT2D eigenvalue weighted by atomic mass is 16.3. The van der Waals surface area contributed by atoms with Crippen molar-refractivity contribution in [1.82, 2.24) is 10.2 Å². The average molecular weight is 364 g/mol. The van der Waals surface area contributed by atoms with Gasteiger partial charge in [-0.2, -0.15) is 0 Å². The normalized spacial score (nSPS) is 24.0. The number of rotatable bonds is 5. The summed E-state index contributed by atoms with van der Waals surface area (Å²) >= 11 is 0. The van der Waals surface area contributed by atoms with Crippen LogP contribution in [-0.2, 0) is 6.42 Å². The Morgan fingerprint density at radius 2 is 1.89 bits per heavy atom. The number of hydrogen-bond acceptors (Lipinski definition) is 2. The van der Waals surface area contributed by atoms with Gasteiger partial charge < -0.3 is 15.3 Å². The van der Waals surface area contributed by atoms with Crippen LogP contribution in [0.3, 0.4) is 0 Å². The number of urea groups is 1. The molecule has 0 spiro atoms. The summed E-state index contributed by atoms with van der Waals surface area (Å²) < 4.78 is 0. The Bertz CT molecular complexity index is 777. The number of fused-ring (bicyclic) bond motifs is 3. The Balaban J connectivity index is 1.33. The second kappa shape index (κ2) is 8.13. The molecule has 2 N–H and O–H groups in total. The summed E-state index contributed by atoms with van der Waals surface area (Å²) in [7, 11) is 0. The molecule has 2 bridgehead atoms. The van der Waals surface area contributed by atoms with Crippen LogP contribution in [0.25, 0.3) is 11.1 Å². The quantitative estimate of drug-likeness (QED) is 0.850. The lowest BCUT2D eigenvalue weighted by Gasteiger charge is -2.49. The van der Waals surface area contributed by atoms with E-state index in [4.69, 9.17) is 0 Å². The monoisotopic (exact) mass is 364 g/mol. The molecule has 142 valence electrons. The predicted molar refractivity (Wildman–Crippen MR) is 107 cm³/mol. The molecule has 27 heavy (non-hydrogen) atoms. The van der Waals surface area contributed by atoms with Gasteiger partial charge in [-0.25, -0.2) is 4.79 Å². The molecule has 0 aromatic heterocycles. The molecule has 0 radical (unpaired) electrons. The van der Waals surface area contributed by atoms with Crippen LogP contribution in [0.1, 0.15) is 24.8 Å². The van der Waals surface area contributed by atoms with Gasteiger partial charge in [0.15, 0.2) is 0 Å². The largest absolute Gasteiger partial charge is 0.396 e. The third kappa shape index (κ3) is 4.01. The predicted octanol–water partition coefficient (Wildman–Crippen LogP) is 3.70. The average Bonchev–Trinajstić information content (AvgIpc) is 2.74. The Morgan fingerprint density at radius 1 is 1.07 bits per heavy atom. The van der Waals surface area contributed by atoms with Crippen LogP contribution in [0, 0.1) is 11.8 Å². The van der Waals surface area contributed by atoms with E-state index in [1.54, 1.807) is 0 Å². The first kappa shape index (κ1) is 18.1. The first-order chi connectivity index (χ1) is 13.2. The number of carbonyl (C=O) groups excluding carboxylic acids is 1. The second-order valence-electron chi connectivity index (χ2n) is 7.89. The molecule has 2 aliphatic heterocycles. The zero-order chi connectivity index (χ0) is 18.6. The minimum absolute atomic E-state index is 0.0297. The Morgan fingerprint density at radius 3 is 2.67 bits per heavy atom. The second-order valence-corrected chi connectivity index (χ2v) is 7.89. The van der Waals surface area contributed by atoms with Crippen molar-refractivity contribution in [2.75, 3.05) is 19.7 Å². The van der Waals surface area contributed by atoms with Crippen molar-refractivity contribution in [2.45, 2.75) is 31.7 Å². The van der Waals surface area contributed by atoms with Gasteiger partial charge in [-0.1, -0.05) is 54.6 Å². The molecular weight excluding hydrogens is 336 g/mol. The molecule has 2 aromatic rings. The van der Waals surface area contributed by atoms with E-state index in [0.717, 1.165) is 25.8 Å². The highest BCUT2D eigenvalue weighted by Gasteiger charge is 2.42. The van der Waals surface area contributed by atoms with Gasteiger partial charge in [0.2, 0.25) is 0 Å². The van der Waals surface area contributed by atoms with Crippen molar-refractivity contribution >= 4 is 6.03 Å². The minimum atomic E-state index is 0.0297. The van der Waals surface area contributed by atoms with Crippen molar-refractivity contribution in [3.05, 3.63) is 60.2 Å². The first-order valence-electron chi connectivity index (χ1n) is 10.0. The number of benzene rings is 2. The first-order valence-corrected chi connectivity index (χ1v) is 10.0. The standard InChI is InChI=1S/C23H28N2O2/c26-16-21-14-18-9-10-22(21)25(15-18)23(27)24-12-11-17-5-4-8-20(13-17)19-6-2-1-3-7-19/h1-8,13,18,21-22,26H,9-12,14-16H2,(H,24,27). The highest BCUT2D eigenvalue weighted by Crippen LogP contribution is 2.38. The Labute approximate surface area is 161 Å². The summed E-state index contributed by atoms with van der Waals surface area (Å²) in [5.41, 5.74) is 3.64. The van der Waals surface area contributed by atoms with Crippen LogP contribution < -0.4 is 5.32 Å². The zero-order valence-electron chi connectivity index (χ0n) is 15.7. The van der Waals surface area contributed by atoms with Crippen LogP contribution >= 0.6 is 0 Å². The van der Waals surface area contributed by atoms with Gasteiger partial charge in [0.25, 0.3) is 0 Å². The molecule has 3 atom stereocenters. The van der Waals surface area contributed by atoms with Gasteiger partial charge in [0.05, 0.1) is 0 Å². The van der Waals surface area contributed by atoms with Crippen LogP contribution in [0.4, 0.5) is 4.79 Å². The molecule has 5 rings (SSSR count). The Hall–Kier alpha value is -2.33. The fourth-order valence-electron chi connectivity index (χ4n) is 4.72. The summed E-state index contributed by atoms with van der Waals surface area (Å²) in [6.07, 6.45) is 4.11. The maximum absolute atomic E-state index is 12.7. The van der Waals surface area contributed by atoms with Gasteiger partial charge in [0, 0.05) is 31.7 Å². The fourth-order valence-corrected chi connectivity index (χ4v) is 4.72. The third-order valence-electron chi connectivity index (χ3n) is 6.13. The topological polar surface area (TPSA) is 52.6 Å². The molecule has 1 aliphatic carbocycles. The fraction of sp³-hybridized carbons (Fsp3) is 0.435. The number of hydrogen-bond donors (Lipinski definition) is 2. The van der Waals surface area contributed by atoms with E-state index in [-0.39, 0.29) is 24.6 Å². The van der Waals surface area contributed by atoms with E-state index in [1.807, 2.05) is 23.1 Å².